The normalized spacial score (nSPS) is 17.1. The first kappa shape index (κ1) is 17.9. The van der Waals surface area contributed by atoms with E-state index in [-0.39, 0.29) is 25.0 Å². The molecule has 0 unspecified atom stereocenters. The van der Waals surface area contributed by atoms with Crippen LogP contribution in [0.4, 0.5) is 10.6 Å². The van der Waals surface area contributed by atoms with E-state index in [9.17, 15) is 14.7 Å². The molecule has 138 valence electrons. The monoisotopic (exact) mass is 357 g/mol. The second-order valence-corrected chi connectivity index (χ2v) is 6.31. The third-order valence-electron chi connectivity index (χ3n) is 4.40. The van der Waals surface area contributed by atoms with Gasteiger partial charge in [-0.15, -0.1) is 0 Å². The zero-order chi connectivity index (χ0) is 18.7. The van der Waals surface area contributed by atoms with Crippen molar-refractivity contribution in [1.29, 1.82) is 0 Å². The lowest BCUT2D eigenvalue weighted by Gasteiger charge is -2.34. The highest BCUT2D eigenvalue weighted by molar-refractivity contribution is 5.94. The van der Waals surface area contributed by atoms with Crippen LogP contribution in [0.5, 0.6) is 0 Å². The lowest BCUT2D eigenvalue weighted by molar-refractivity contribution is -0.128. The highest BCUT2D eigenvalue weighted by Crippen LogP contribution is 2.21. The van der Waals surface area contributed by atoms with E-state index in [4.69, 9.17) is 0 Å². The Morgan fingerprint density at radius 1 is 1.38 bits per heavy atom. The Labute approximate surface area is 151 Å². The summed E-state index contributed by atoms with van der Waals surface area (Å²) in [6, 6.07) is 8.49. The van der Waals surface area contributed by atoms with Gasteiger partial charge >= 0.3 is 6.03 Å². The quantitative estimate of drug-likeness (QED) is 0.766. The number of piperazine rings is 1. The number of amides is 3. The van der Waals surface area contributed by atoms with E-state index < -0.39 is 6.04 Å². The summed E-state index contributed by atoms with van der Waals surface area (Å²) in [4.78, 5) is 26.3. The van der Waals surface area contributed by atoms with Crippen molar-refractivity contribution in [3.05, 3.63) is 41.6 Å². The van der Waals surface area contributed by atoms with E-state index in [1.54, 1.807) is 10.7 Å². The van der Waals surface area contributed by atoms with Crippen LogP contribution < -0.4 is 10.6 Å². The minimum Gasteiger partial charge on any atom is -0.396 e. The van der Waals surface area contributed by atoms with Crippen LogP contribution in [0.1, 0.15) is 17.7 Å². The lowest BCUT2D eigenvalue weighted by Crippen LogP contribution is -2.58. The van der Waals surface area contributed by atoms with Gasteiger partial charge in [-0.3, -0.25) is 10.1 Å². The summed E-state index contributed by atoms with van der Waals surface area (Å²) < 4.78 is 1.69. The molecule has 0 saturated carbocycles. The number of aryl methyl sites for hydroxylation is 2. The van der Waals surface area contributed by atoms with Gasteiger partial charge in [0.05, 0.1) is 11.4 Å². The van der Waals surface area contributed by atoms with Crippen LogP contribution in [0.25, 0.3) is 5.69 Å². The summed E-state index contributed by atoms with van der Waals surface area (Å²) in [5.41, 5.74) is 2.67. The number of aliphatic hydroxyl groups excluding tert-OH is 1. The Hall–Kier alpha value is -2.87. The predicted octanol–water partition coefficient (Wildman–Crippen LogP) is 1.20. The number of nitrogens with zero attached hydrogens (tertiary/aromatic N) is 3. The van der Waals surface area contributed by atoms with Crippen LogP contribution in [-0.2, 0) is 4.79 Å². The Bertz CT molecular complexity index is 817. The van der Waals surface area contributed by atoms with E-state index in [1.807, 2.05) is 38.1 Å². The van der Waals surface area contributed by atoms with Crippen molar-refractivity contribution in [2.75, 3.05) is 25.0 Å². The summed E-state index contributed by atoms with van der Waals surface area (Å²) in [6.07, 6.45) is 0.204. The van der Waals surface area contributed by atoms with Gasteiger partial charge in [0.1, 0.15) is 11.9 Å². The van der Waals surface area contributed by atoms with Gasteiger partial charge < -0.3 is 15.3 Å². The Morgan fingerprint density at radius 2 is 2.15 bits per heavy atom. The zero-order valence-electron chi connectivity index (χ0n) is 14.9. The second-order valence-electron chi connectivity index (χ2n) is 6.31. The maximum absolute atomic E-state index is 12.8. The Morgan fingerprint density at radius 3 is 2.88 bits per heavy atom. The van der Waals surface area contributed by atoms with Gasteiger partial charge in [0.15, 0.2) is 0 Å². The molecule has 1 aliphatic rings. The molecule has 26 heavy (non-hydrogen) atoms. The number of hydrogen-bond acceptors (Lipinski definition) is 4. The number of anilines is 1. The van der Waals surface area contributed by atoms with E-state index >= 15 is 0 Å². The highest BCUT2D eigenvalue weighted by atomic mass is 16.3. The first-order valence-electron chi connectivity index (χ1n) is 8.60. The molecule has 8 nitrogen and oxygen atoms in total. The molecule has 1 saturated heterocycles. The SMILES string of the molecule is Cc1cc(NC(=O)N2CCNC(=O)[C@H]2CCO)n(-c2ccccc2C)n1. The summed E-state index contributed by atoms with van der Waals surface area (Å²) in [5, 5.41) is 19.3. The lowest BCUT2D eigenvalue weighted by atomic mass is 10.1. The Kier molecular flexibility index (Phi) is 5.22. The molecule has 1 aliphatic heterocycles. The van der Waals surface area contributed by atoms with Gasteiger partial charge in [0, 0.05) is 25.8 Å². The number of urea groups is 1. The van der Waals surface area contributed by atoms with Crippen LogP contribution in [0.2, 0.25) is 0 Å². The molecule has 8 heteroatoms. The van der Waals surface area contributed by atoms with Gasteiger partial charge in [-0.1, -0.05) is 18.2 Å². The van der Waals surface area contributed by atoms with Crippen molar-refractivity contribution >= 4 is 17.8 Å². The smallest absolute Gasteiger partial charge is 0.323 e. The number of rotatable bonds is 4. The molecule has 3 rings (SSSR count). The molecule has 0 radical (unpaired) electrons. The number of carbonyl (C=O) groups is 2. The summed E-state index contributed by atoms with van der Waals surface area (Å²) in [5.74, 6) is 0.291. The molecule has 1 fully saturated rings. The summed E-state index contributed by atoms with van der Waals surface area (Å²) in [6.45, 7) is 4.45. The van der Waals surface area contributed by atoms with Gasteiger partial charge in [0.25, 0.3) is 0 Å². The van der Waals surface area contributed by atoms with Crippen LogP contribution in [-0.4, -0.2) is 57.5 Å². The second kappa shape index (κ2) is 7.57. The van der Waals surface area contributed by atoms with Crippen molar-refractivity contribution in [3.63, 3.8) is 0 Å². The third-order valence-corrected chi connectivity index (χ3v) is 4.40. The maximum Gasteiger partial charge on any atom is 0.323 e. The largest absolute Gasteiger partial charge is 0.396 e. The fourth-order valence-electron chi connectivity index (χ4n) is 3.12. The molecule has 0 bridgehead atoms. The van der Waals surface area contributed by atoms with Crippen molar-refractivity contribution in [2.24, 2.45) is 0 Å². The zero-order valence-corrected chi connectivity index (χ0v) is 14.9. The number of aromatic nitrogens is 2. The molecule has 1 atom stereocenters. The predicted molar refractivity (Wildman–Crippen MR) is 97.3 cm³/mol. The average Bonchev–Trinajstić information content (AvgIpc) is 2.97. The minimum absolute atomic E-state index is 0.165. The van der Waals surface area contributed by atoms with E-state index in [2.05, 4.69) is 15.7 Å². The summed E-state index contributed by atoms with van der Waals surface area (Å²) >= 11 is 0. The fraction of sp³-hybridized carbons (Fsp3) is 0.389. The van der Waals surface area contributed by atoms with E-state index in [1.165, 1.54) is 4.90 Å². The Balaban J connectivity index is 1.86. The van der Waals surface area contributed by atoms with Gasteiger partial charge in [-0.05, 0) is 31.9 Å². The summed E-state index contributed by atoms with van der Waals surface area (Å²) in [7, 11) is 0. The highest BCUT2D eigenvalue weighted by Gasteiger charge is 2.33. The van der Waals surface area contributed by atoms with E-state index in [0.29, 0.717) is 18.9 Å². The first-order valence-corrected chi connectivity index (χ1v) is 8.60. The molecule has 2 heterocycles. The van der Waals surface area contributed by atoms with Crippen LogP contribution in [0.15, 0.2) is 30.3 Å². The topological polar surface area (TPSA) is 99.5 Å². The molecule has 3 N–H and O–H groups in total. The number of hydrogen-bond donors (Lipinski definition) is 3. The first-order chi connectivity index (χ1) is 12.5. The fourth-order valence-corrected chi connectivity index (χ4v) is 3.12. The van der Waals surface area contributed by atoms with Crippen LogP contribution in [0, 0.1) is 13.8 Å². The molecule has 1 aromatic heterocycles. The molecule has 0 spiro atoms. The van der Waals surface area contributed by atoms with Gasteiger partial charge in [-0.25, -0.2) is 9.48 Å². The van der Waals surface area contributed by atoms with Gasteiger partial charge in [-0.2, -0.15) is 5.10 Å². The molecule has 1 aromatic carbocycles. The van der Waals surface area contributed by atoms with Crippen molar-refractivity contribution in [1.82, 2.24) is 20.0 Å². The molecular weight excluding hydrogens is 334 g/mol. The molecular formula is C18H23N5O3. The standard InChI is InChI=1S/C18H23N5O3/c1-12-5-3-4-6-14(12)23-16(11-13(2)21-23)20-18(26)22-9-8-19-17(25)15(22)7-10-24/h3-6,11,15,24H,7-10H2,1-2H3,(H,19,25)(H,20,26)/t15-/m1/s1. The van der Waals surface area contributed by atoms with Gasteiger partial charge in [0.2, 0.25) is 5.91 Å². The average molecular weight is 357 g/mol. The van der Waals surface area contributed by atoms with Crippen LogP contribution >= 0.6 is 0 Å². The number of nitrogens with one attached hydrogen (secondary N) is 2. The molecule has 2 aromatic rings. The molecule has 0 aliphatic carbocycles. The van der Waals surface area contributed by atoms with Crippen LogP contribution in [0.3, 0.4) is 0 Å². The number of para-hydroxylation sites is 1. The number of benzene rings is 1. The molecule has 3 amide bonds. The minimum atomic E-state index is -0.676. The number of carbonyl (C=O) groups excluding carboxylic acids is 2. The van der Waals surface area contributed by atoms with E-state index in [0.717, 1.165) is 16.9 Å². The number of aliphatic hydroxyl groups is 1. The maximum atomic E-state index is 12.8. The third kappa shape index (κ3) is 3.55. The van der Waals surface area contributed by atoms with Crippen molar-refractivity contribution in [3.8, 4) is 5.69 Å². The van der Waals surface area contributed by atoms with Crippen molar-refractivity contribution < 1.29 is 14.7 Å². The van der Waals surface area contributed by atoms with Crippen molar-refractivity contribution in [2.45, 2.75) is 26.3 Å².